The number of hydrogen-bond acceptors (Lipinski definition) is 38. The average Bonchev–Trinajstić information content (AvgIpc) is 1.55. The van der Waals surface area contributed by atoms with Crippen LogP contribution in [0, 0.1) is 6.57 Å². The number of hydrogen-bond donors (Lipinski definition) is 14. The molecule has 15 heterocycles. The zero-order valence-corrected chi connectivity index (χ0v) is 74.7. The van der Waals surface area contributed by atoms with Gasteiger partial charge >= 0.3 is 114 Å². The lowest BCUT2D eigenvalue weighted by molar-refractivity contribution is -0.128. The number of carboxylic acids is 2. The first-order valence-corrected chi connectivity index (χ1v) is 48.2. The highest BCUT2D eigenvalue weighted by atomic mass is 32.3. The fourth-order valence-corrected chi connectivity index (χ4v) is 19.8. The van der Waals surface area contributed by atoms with Crippen LogP contribution in [0.4, 0.5) is 24.0 Å². The summed E-state index contributed by atoms with van der Waals surface area (Å²) >= 11 is 2.57. The molecule has 13 amide bonds. The number of amides is 13. The minimum absolute atomic E-state index is 0.0125. The van der Waals surface area contributed by atoms with Gasteiger partial charge in [0.05, 0.1) is 65.6 Å². The number of urea groups is 5. The number of rotatable bonds is 21. The highest BCUT2D eigenvalue weighted by Gasteiger charge is 2.55. The van der Waals surface area contributed by atoms with Crippen molar-refractivity contribution in [3.63, 3.8) is 0 Å². The third-order valence-corrected chi connectivity index (χ3v) is 25.8. The Labute approximate surface area is 758 Å². The van der Waals surface area contributed by atoms with E-state index in [4.69, 9.17) is 60.4 Å². The minimum atomic E-state index is -4.81. The van der Waals surface area contributed by atoms with Crippen LogP contribution in [0.25, 0.3) is 4.85 Å². The predicted octanol–water partition coefficient (Wildman–Crippen LogP) is -2.90. The number of nitrogen functional groups attached to an aromatic ring is 1. The number of carboxylic acid groups (broad SMARTS) is 2. The van der Waals surface area contributed by atoms with Gasteiger partial charge in [-0.2, -0.15) is 67.4 Å². The van der Waals surface area contributed by atoms with Crippen molar-refractivity contribution < 1.29 is 169 Å². The predicted molar refractivity (Wildman–Crippen MR) is 440 cm³/mol. The smallest absolute Gasteiger partial charge is 0.535 e. The van der Waals surface area contributed by atoms with Gasteiger partial charge in [0.25, 0.3) is 0 Å². The van der Waals surface area contributed by atoms with E-state index < -0.39 is 169 Å². The number of carbonyl (C=O) groups is 11. The molecule has 0 saturated carbocycles. The van der Waals surface area contributed by atoms with E-state index in [0.29, 0.717) is 120 Å². The standard InChI is InChI=1S/C12H20N4O6S.C11H11BN4O4S.C10H11BO4.C10H15N3O7S.C8H10N4O5S2.C7H11N3O6S.C7H9N3O5S/c17-11(14-8-3-5-13-6-4-8)10-2-1-9-7-15(10)12(18)16(9)22-23(19,20)21;13-16-5-14-15-11(16)21-8-4-6-2-1-3-7(10(17)18)9(6)20-12(8)19;1-6-5-7-3-2-4-8(10(12)13)9(7)15-11(6)14;1-6(14)4-11-9(15)8-3-2-7-5-12(8)10(16)13(7)20-21(17,18)19;13-8-11-3-5(12(8)17-19(14,15)16)1-2-6(11)7-10-9-4-18-7;8-6(11)5-2-1-4-3-9(5)7(12)10(4)16-17(13,14)15;1-8-6-3-2-5-4-9(6)7(11)10(5)15-16(12,13)14/h8-10,13H,1-7H2,(H,14,17)(H,19,20,21);1-3,5,8,19H,4,13H2,(H,17,18);2-4,6,14H,5H2,1H3,(H,12,13);7-8H,2-5H2,1H3,(H,11,15)(H,17,18,19);4-6H,1-3H2,(H,14,15,16);4-5H,1-3H2,(H2,8,11)(H,13,14,15);5-6H,2-4H2,(H,12,13,14)/t;8-;6-;;;;/m.00..../s1. The molecule has 10 bridgehead atoms. The molecule has 0 radical (unpaired) electrons. The van der Waals surface area contributed by atoms with Crippen molar-refractivity contribution in [2.24, 2.45) is 5.73 Å². The molecule has 2 aromatic carbocycles. The van der Waals surface area contributed by atoms with Gasteiger partial charge in [-0.15, -0.1) is 53.2 Å². The molecule has 10 unspecified atom stereocenters. The van der Waals surface area contributed by atoms with E-state index in [1.165, 1.54) is 67.9 Å². The Balaban J connectivity index is 0.000000149. The summed E-state index contributed by atoms with van der Waals surface area (Å²) in [7, 11) is -25.8. The maximum atomic E-state index is 12.4. The van der Waals surface area contributed by atoms with Crippen LogP contribution >= 0.6 is 23.1 Å². The Morgan fingerprint density at radius 1 is 0.561 bits per heavy atom. The number of benzene rings is 2. The van der Waals surface area contributed by atoms with Crippen molar-refractivity contribution in [3.8, 4) is 11.5 Å². The molecule has 13 aliphatic heterocycles. The quantitative estimate of drug-likeness (QED) is 0.0172. The maximum absolute atomic E-state index is 12.4. The third-order valence-electron chi connectivity index (χ3n) is 22.1. The van der Waals surface area contributed by atoms with Gasteiger partial charge in [0, 0.05) is 44.5 Å². The zero-order chi connectivity index (χ0) is 96.7. The number of carbonyl (C=O) groups excluding carboxylic acids is 9. The molecule has 12 atom stereocenters. The molecule has 11 saturated heterocycles. The van der Waals surface area contributed by atoms with Crippen LogP contribution in [-0.2, 0) is 105 Å². The number of nitrogens with zero attached hydrogens (tertiary/aromatic N) is 16. The van der Waals surface area contributed by atoms with E-state index in [1.54, 1.807) is 23.7 Å². The fraction of sp³-hybridized carbons (Fsp3) is 0.569. The number of thioether (sulfide) groups is 1. The zero-order valence-electron chi connectivity index (χ0n) is 69.0. The van der Waals surface area contributed by atoms with Crippen molar-refractivity contribution in [1.29, 1.82) is 0 Å². The SMILES string of the molecule is CC(=O)CNC(=O)C1CCC2CN1C(=O)N2OS(=O)(=O)O.C[C@H]1Cc2cccc(C(=O)O)c2OB1O.NC(=O)C1CCC2CN1C(=O)N2OS(=O)(=O)O.Nn1cnnc1S[C@H]1Cc2cccc(C(=O)O)c2OB1O.O=C(NC1CCNCC1)C1CCC2CN1C(=O)N2OS(=O)(=O)O.O=C1N2CC(CCC2c2nncs2)N1OS(=O)(=O)O.[C-]#[N+]C1CCC2CN1C(=O)N2OS(=O)(=O)O. The topological polar surface area (TPSA) is 787 Å². The molecule has 132 heavy (non-hydrogen) atoms. The van der Waals surface area contributed by atoms with Crippen LogP contribution in [0.1, 0.15) is 134 Å². The van der Waals surface area contributed by atoms with E-state index in [1.807, 2.05) is 13.0 Å². The van der Waals surface area contributed by atoms with E-state index in [0.717, 1.165) is 51.9 Å². The molecule has 17 rings (SSSR count). The Hall–Kier alpha value is -10.9. The number of aromatic nitrogens is 5. The molecule has 13 aliphatic rings. The normalized spacial score (nSPS) is 25.1. The van der Waals surface area contributed by atoms with E-state index in [-0.39, 0.29) is 90.4 Å². The monoisotopic (exact) mass is 2000 g/mol. The number of fused-ring (bicyclic) bond motifs is 12. The van der Waals surface area contributed by atoms with Crippen LogP contribution in [0.3, 0.4) is 0 Å². The molecule has 67 heteroatoms. The molecule has 2 aromatic heterocycles. The highest BCUT2D eigenvalue weighted by molar-refractivity contribution is 8.01. The summed E-state index contributed by atoms with van der Waals surface area (Å²) in [4.78, 5) is 138. The molecule has 0 spiro atoms. The number of Topliss-reactive ketones (excluding diaryl/α,β-unsaturated/α-hetero) is 1. The largest absolute Gasteiger partial charge is 0.537 e. The Bertz CT molecular complexity index is 5680. The van der Waals surface area contributed by atoms with Crippen LogP contribution < -0.4 is 36.8 Å². The van der Waals surface area contributed by atoms with Crippen LogP contribution in [0.2, 0.25) is 5.82 Å². The van der Waals surface area contributed by atoms with E-state index >= 15 is 0 Å². The summed E-state index contributed by atoms with van der Waals surface area (Å²) in [6.07, 6.45) is 7.96. The van der Waals surface area contributed by atoms with Gasteiger partial charge in [0.1, 0.15) is 52.3 Å². The van der Waals surface area contributed by atoms with Gasteiger partial charge in [-0.25, -0.2) is 44.8 Å². The van der Waals surface area contributed by atoms with Crippen LogP contribution in [0.15, 0.2) is 53.4 Å². The summed E-state index contributed by atoms with van der Waals surface area (Å²) in [5.74, 6) is 2.43. The second-order valence-electron chi connectivity index (χ2n) is 31.1. The van der Waals surface area contributed by atoms with Gasteiger partial charge < -0.3 is 76.7 Å². The molecule has 16 N–H and O–H groups in total. The van der Waals surface area contributed by atoms with E-state index in [9.17, 15) is 105 Å². The minimum Gasteiger partial charge on any atom is -0.535 e. The third kappa shape index (κ3) is 25.5. The van der Waals surface area contributed by atoms with Gasteiger partial charge in [-0.05, 0) is 127 Å². The first-order chi connectivity index (χ1) is 61.9. The summed E-state index contributed by atoms with van der Waals surface area (Å²) in [5, 5.41) is 65.3. The van der Waals surface area contributed by atoms with Crippen molar-refractivity contribution in [2.45, 2.75) is 186 Å². The van der Waals surface area contributed by atoms with Crippen molar-refractivity contribution in [3.05, 3.63) is 86.9 Å². The number of ketones is 1. The molecular formula is C65H87B2N21O37S7. The van der Waals surface area contributed by atoms with Crippen molar-refractivity contribution in [2.75, 3.05) is 58.2 Å². The van der Waals surface area contributed by atoms with Gasteiger partial charge in [-0.3, -0.25) is 51.7 Å². The lowest BCUT2D eigenvalue weighted by Crippen LogP contribution is -2.53. The van der Waals surface area contributed by atoms with Crippen LogP contribution in [-0.4, -0.2) is 358 Å². The number of primary amides is 1. The summed E-state index contributed by atoms with van der Waals surface area (Å²) < 4.78 is 183. The Morgan fingerprint density at radius 3 is 1.39 bits per heavy atom. The number of para-hydroxylation sites is 2. The maximum Gasteiger partial charge on any atom is 0.537 e. The second-order valence-corrected chi connectivity index (χ2v) is 38.1. The second kappa shape index (κ2) is 42.1. The first kappa shape index (κ1) is 102. The summed E-state index contributed by atoms with van der Waals surface area (Å²) in [5.41, 5.74) is 8.42. The lowest BCUT2D eigenvalue weighted by atomic mass is 9.68. The Morgan fingerprint density at radius 2 is 0.970 bits per heavy atom. The number of aromatic carboxylic acids is 2. The average molecular weight is 2000 g/mol. The lowest BCUT2D eigenvalue weighted by Gasteiger charge is -2.32. The number of nitrogens with one attached hydrogen (secondary N) is 3. The molecule has 722 valence electrons. The number of nitrogens with two attached hydrogens (primary N) is 2. The summed E-state index contributed by atoms with van der Waals surface area (Å²) in [6, 6.07) is 1.64. The van der Waals surface area contributed by atoms with Crippen molar-refractivity contribution >= 4 is 155 Å². The van der Waals surface area contributed by atoms with Crippen molar-refractivity contribution in [1.82, 2.24) is 90.8 Å². The number of hydroxylamine groups is 10. The fourth-order valence-electron chi connectivity index (χ4n) is 16.1. The van der Waals surface area contributed by atoms with Crippen LogP contribution in [0.5, 0.6) is 11.5 Å². The Kier molecular flexibility index (Phi) is 32.4. The molecule has 0 aliphatic carbocycles. The number of piperidine rings is 6. The molecule has 58 nitrogen and oxygen atoms in total. The van der Waals surface area contributed by atoms with Gasteiger partial charge in [0.15, 0.2) is 0 Å². The van der Waals surface area contributed by atoms with Gasteiger partial charge in [-0.1, -0.05) is 43.0 Å². The van der Waals surface area contributed by atoms with Gasteiger partial charge in [0.2, 0.25) is 22.9 Å². The highest BCUT2D eigenvalue weighted by Crippen LogP contribution is 2.42. The van der Waals surface area contributed by atoms with E-state index in [2.05, 4.69) is 62.6 Å². The molecular weight excluding hydrogens is 1910 g/mol. The summed E-state index contributed by atoms with van der Waals surface area (Å²) in [6.45, 7) is 12.7. The molecule has 4 aromatic rings. The first-order valence-electron chi connectivity index (χ1n) is 39.6. The molecule has 11 fully saturated rings.